The summed E-state index contributed by atoms with van der Waals surface area (Å²) in [5.74, 6) is 1.12. The smallest absolute Gasteiger partial charge is 0.225 e. The van der Waals surface area contributed by atoms with Crippen LogP contribution in [0.15, 0.2) is 47.7 Å². The molecule has 0 aliphatic carbocycles. The van der Waals surface area contributed by atoms with Crippen LogP contribution in [0.1, 0.15) is 12.0 Å². The highest BCUT2D eigenvalue weighted by Gasteiger charge is 2.21. The molecule has 1 saturated heterocycles. The van der Waals surface area contributed by atoms with Crippen LogP contribution in [0, 0.1) is 6.92 Å². The number of guanidine groups is 1. The van der Waals surface area contributed by atoms with Crippen molar-refractivity contribution in [1.29, 1.82) is 0 Å². The molecule has 2 heterocycles. The van der Waals surface area contributed by atoms with E-state index in [2.05, 4.69) is 25.2 Å². The Balaban J connectivity index is 1.42. The second-order valence-electron chi connectivity index (χ2n) is 6.43. The number of nitrogens with one attached hydrogen (secondary N) is 1. The molecule has 1 aliphatic heterocycles. The Morgan fingerprint density at radius 2 is 1.93 bits per heavy atom. The van der Waals surface area contributed by atoms with Crippen molar-refractivity contribution in [3.05, 3.63) is 48.3 Å². The molecule has 0 atom stereocenters. The first kappa shape index (κ1) is 18.6. The van der Waals surface area contributed by atoms with Crippen molar-refractivity contribution in [2.45, 2.75) is 13.3 Å². The first-order chi connectivity index (χ1) is 13.1. The lowest BCUT2D eigenvalue weighted by Crippen LogP contribution is -2.49. The van der Waals surface area contributed by atoms with E-state index in [0.29, 0.717) is 38.0 Å². The highest BCUT2D eigenvalue weighted by molar-refractivity contribution is 5.92. The maximum Gasteiger partial charge on any atom is 0.225 e. The molecule has 0 bridgehead atoms. The summed E-state index contributed by atoms with van der Waals surface area (Å²) in [5, 5.41) is 3.04. The fourth-order valence-electron chi connectivity index (χ4n) is 2.95. The van der Waals surface area contributed by atoms with Crippen LogP contribution in [0.2, 0.25) is 0 Å². The average Bonchev–Trinajstić information content (AvgIpc) is 2.69. The van der Waals surface area contributed by atoms with Gasteiger partial charge in [0.1, 0.15) is 0 Å². The lowest BCUT2D eigenvalue weighted by molar-refractivity contribution is -0.131. The monoisotopic (exact) mass is 367 g/mol. The zero-order valence-corrected chi connectivity index (χ0v) is 15.5. The van der Waals surface area contributed by atoms with Crippen molar-refractivity contribution in [1.82, 2.24) is 14.9 Å². The number of benzene rings is 1. The van der Waals surface area contributed by atoms with E-state index in [1.165, 1.54) is 0 Å². The number of amides is 1. The number of nitrogens with two attached hydrogens (primary N) is 1. The molecule has 142 valence electrons. The van der Waals surface area contributed by atoms with Gasteiger partial charge in [0.05, 0.1) is 6.54 Å². The number of carbonyl (C=O) groups excluding carboxylic acids is 1. The van der Waals surface area contributed by atoms with Gasteiger partial charge in [-0.2, -0.15) is 0 Å². The van der Waals surface area contributed by atoms with Gasteiger partial charge in [0, 0.05) is 50.7 Å². The van der Waals surface area contributed by atoms with E-state index < -0.39 is 0 Å². The molecule has 0 saturated carbocycles. The number of aliphatic imine (C=N–C) groups is 1. The van der Waals surface area contributed by atoms with E-state index in [0.717, 1.165) is 24.3 Å². The number of piperazine rings is 1. The van der Waals surface area contributed by atoms with Gasteiger partial charge in [-0.1, -0.05) is 12.1 Å². The number of nitrogens with zero attached hydrogens (tertiary/aromatic N) is 5. The second kappa shape index (κ2) is 8.98. The Hall–Kier alpha value is -3.16. The van der Waals surface area contributed by atoms with Crippen molar-refractivity contribution in [2.24, 2.45) is 10.7 Å². The van der Waals surface area contributed by atoms with Crippen LogP contribution in [-0.2, 0) is 4.79 Å². The van der Waals surface area contributed by atoms with Crippen molar-refractivity contribution >= 4 is 23.5 Å². The lowest BCUT2D eigenvalue weighted by Gasteiger charge is -2.34. The molecule has 0 unspecified atom stereocenters. The van der Waals surface area contributed by atoms with Gasteiger partial charge in [-0.3, -0.25) is 9.79 Å². The number of rotatable bonds is 5. The molecule has 8 nitrogen and oxygen atoms in total. The number of aromatic nitrogens is 2. The Morgan fingerprint density at radius 3 is 2.63 bits per heavy atom. The molecule has 2 aromatic rings. The topological polar surface area (TPSA) is 99.7 Å². The Bertz CT molecular complexity index is 786. The van der Waals surface area contributed by atoms with Crippen molar-refractivity contribution in [3.8, 4) is 0 Å². The molecule has 1 amide bonds. The highest BCUT2D eigenvalue weighted by Crippen LogP contribution is 2.11. The van der Waals surface area contributed by atoms with Gasteiger partial charge in [-0.15, -0.1) is 0 Å². The zero-order valence-electron chi connectivity index (χ0n) is 15.5. The van der Waals surface area contributed by atoms with Gasteiger partial charge in [0.25, 0.3) is 0 Å². The molecule has 0 radical (unpaired) electrons. The Kier molecular flexibility index (Phi) is 6.19. The molecule has 27 heavy (non-hydrogen) atoms. The van der Waals surface area contributed by atoms with E-state index >= 15 is 0 Å². The highest BCUT2D eigenvalue weighted by atomic mass is 16.2. The predicted octanol–water partition coefficient (Wildman–Crippen LogP) is 1.25. The van der Waals surface area contributed by atoms with Crippen LogP contribution in [0.4, 0.5) is 11.6 Å². The van der Waals surface area contributed by atoms with E-state index in [1.54, 1.807) is 18.5 Å². The fourth-order valence-corrected chi connectivity index (χ4v) is 2.95. The number of carbonyl (C=O) groups is 1. The summed E-state index contributed by atoms with van der Waals surface area (Å²) >= 11 is 0. The first-order valence-corrected chi connectivity index (χ1v) is 9.05. The summed E-state index contributed by atoms with van der Waals surface area (Å²) in [5.41, 5.74) is 7.93. The van der Waals surface area contributed by atoms with E-state index in [1.807, 2.05) is 36.1 Å². The van der Waals surface area contributed by atoms with E-state index in [9.17, 15) is 4.79 Å². The summed E-state index contributed by atoms with van der Waals surface area (Å²) in [6, 6.07) is 9.68. The van der Waals surface area contributed by atoms with Gasteiger partial charge in [0.15, 0.2) is 5.96 Å². The molecule has 3 N–H and O–H groups in total. The van der Waals surface area contributed by atoms with Crippen LogP contribution in [0.5, 0.6) is 0 Å². The third-order valence-electron chi connectivity index (χ3n) is 4.37. The number of hydrogen-bond donors (Lipinski definition) is 2. The van der Waals surface area contributed by atoms with E-state index in [4.69, 9.17) is 5.73 Å². The SMILES string of the molecule is Cc1cccc(NC(N)=NCCC(=O)N2CCN(c3ncccn3)CC2)c1. The number of aryl methyl sites for hydroxylation is 1. The maximum absolute atomic E-state index is 12.4. The predicted molar refractivity (Wildman–Crippen MR) is 107 cm³/mol. The lowest BCUT2D eigenvalue weighted by atomic mass is 10.2. The first-order valence-electron chi connectivity index (χ1n) is 9.05. The molecule has 1 aromatic carbocycles. The fraction of sp³-hybridized carbons (Fsp3) is 0.368. The largest absolute Gasteiger partial charge is 0.370 e. The summed E-state index contributed by atoms with van der Waals surface area (Å²) in [6.45, 7) is 5.17. The zero-order chi connectivity index (χ0) is 19.1. The van der Waals surface area contributed by atoms with Crippen LogP contribution in [-0.4, -0.2) is 59.5 Å². The summed E-state index contributed by atoms with van der Waals surface area (Å²) < 4.78 is 0. The van der Waals surface area contributed by atoms with Gasteiger partial charge in [-0.05, 0) is 30.7 Å². The normalized spacial score (nSPS) is 14.9. The summed E-state index contributed by atoms with van der Waals surface area (Å²) in [4.78, 5) is 29.1. The Labute approximate surface area is 159 Å². The molecule has 1 aromatic heterocycles. The minimum Gasteiger partial charge on any atom is -0.370 e. The third-order valence-corrected chi connectivity index (χ3v) is 4.37. The van der Waals surface area contributed by atoms with Crippen LogP contribution < -0.4 is 16.0 Å². The summed E-state index contributed by atoms with van der Waals surface area (Å²) in [6.07, 6.45) is 3.80. The van der Waals surface area contributed by atoms with Crippen molar-refractivity contribution in [3.63, 3.8) is 0 Å². The maximum atomic E-state index is 12.4. The van der Waals surface area contributed by atoms with Gasteiger partial charge in [-0.25, -0.2) is 9.97 Å². The molecular weight excluding hydrogens is 342 g/mol. The minimum atomic E-state index is 0.0933. The number of hydrogen-bond acceptors (Lipinski definition) is 5. The van der Waals surface area contributed by atoms with Gasteiger partial charge in [0.2, 0.25) is 11.9 Å². The molecule has 1 aliphatic rings. The van der Waals surface area contributed by atoms with Gasteiger partial charge < -0.3 is 20.9 Å². The van der Waals surface area contributed by atoms with Crippen LogP contribution in [0.25, 0.3) is 0 Å². The second-order valence-corrected chi connectivity index (χ2v) is 6.43. The minimum absolute atomic E-state index is 0.0933. The van der Waals surface area contributed by atoms with Crippen LogP contribution in [0.3, 0.4) is 0 Å². The quantitative estimate of drug-likeness (QED) is 0.609. The van der Waals surface area contributed by atoms with Crippen molar-refractivity contribution in [2.75, 3.05) is 42.9 Å². The van der Waals surface area contributed by atoms with Crippen LogP contribution >= 0.6 is 0 Å². The molecular formula is C19H25N7O. The molecule has 0 spiro atoms. The van der Waals surface area contributed by atoms with E-state index in [-0.39, 0.29) is 5.91 Å². The number of anilines is 2. The third kappa shape index (κ3) is 5.40. The molecule has 8 heteroatoms. The average molecular weight is 367 g/mol. The van der Waals surface area contributed by atoms with Crippen molar-refractivity contribution < 1.29 is 4.79 Å². The molecule has 1 fully saturated rings. The molecule has 3 rings (SSSR count). The Morgan fingerprint density at radius 1 is 1.19 bits per heavy atom. The standard InChI is InChI=1S/C19H25N7O/c1-15-4-2-5-16(14-15)24-18(20)21-9-6-17(27)25-10-12-26(13-11-25)19-22-7-3-8-23-19/h2-5,7-8,14H,6,9-13H2,1H3,(H3,20,21,24). The van der Waals surface area contributed by atoms with Gasteiger partial charge >= 0.3 is 0 Å². The summed E-state index contributed by atoms with van der Waals surface area (Å²) in [7, 11) is 0.